The molecule has 0 atom stereocenters. The summed E-state index contributed by atoms with van der Waals surface area (Å²) in [5, 5.41) is 14.1. The van der Waals surface area contributed by atoms with Crippen molar-refractivity contribution in [2.24, 2.45) is 11.3 Å². The lowest BCUT2D eigenvalue weighted by Gasteiger charge is -2.61. The van der Waals surface area contributed by atoms with Crippen LogP contribution in [0.25, 0.3) is 0 Å². The predicted molar refractivity (Wildman–Crippen MR) is 102 cm³/mol. The molecule has 2 aliphatic carbocycles. The topological polar surface area (TPSA) is 32.3 Å². The predicted octanol–water partition coefficient (Wildman–Crippen LogP) is 4.70. The maximum absolute atomic E-state index is 10.2. The van der Waals surface area contributed by atoms with Crippen LogP contribution in [0, 0.1) is 11.3 Å². The third kappa shape index (κ3) is 3.38. The van der Waals surface area contributed by atoms with Gasteiger partial charge in [0.05, 0.1) is 11.6 Å². The first kappa shape index (κ1) is 16.8. The Balaban J connectivity index is 1.42. The number of hydrogen-bond donors (Lipinski definition) is 2. The molecular weight excluding hydrogens is 306 g/mol. The molecule has 132 valence electrons. The van der Waals surface area contributed by atoms with Crippen molar-refractivity contribution >= 4 is 0 Å². The summed E-state index contributed by atoms with van der Waals surface area (Å²) >= 11 is 0. The fourth-order valence-electron chi connectivity index (χ4n) is 4.83. The van der Waals surface area contributed by atoms with Crippen LogP contribution in [0.2, 0.25) is 0 Å². The maximum Gasteiger partial charge on any atom is 0.0620 e. The number of nitrogens with one attached hydrogen (secondary N) is 1. The number of rotatable bonds is 5. The number of aliphatic hydroxyl groups is 1. The first-order valence-electron chi connectivity index (χ1n) is 9.54. The molecule has 2 aliphatic rings. The van der Waals surface area contributed by atoms with Crippen LogP contribution in [-0.4, -0.2) is 16.7 Å². The highest BCUT2D eigenvalue weighted by molar-refractivity contribution is 5.32. The Morgan fingerprint density at radius 2 is 1.36 bits per heavy atom. The lowest BCUT2D eigenvalue weighted by atomic mass is 9.47. The summed E-state index contributed by atoms with van der Waals surface area (Å²) in [6.45, 7) is 3.92. The maximum atomic E-state index is 10.2. The van der Waals surface area contributed by atoms with Crippen molar-refractivity contribution in [1.29, 1.82) is 0 Å². The van der Waals surface area contributed by atoms with Crippen LogP contribution in [0.4, 0.5) is 0 Å². The molecule has 0 radical (unpaired) electrons. The zero-order chi connectivity index (χ0) is 17.5. The van der Waals surface area contributed by atoms with Crippen molar-refractivity contribution in [3.63, 3.8) is 0 Å². The highest BCUT2D eigenvalue weighted by Gasteiger charge is 2.56. The van der Waals surface area contributed by atoms with Gasteiger partial charge in [0.25, 0.3) is 0 Å². The molecule has 2 nitrogen and oxygen atoms in total. The third-order valence-corrected chi connectivity index (χ3v) is 6.38. The quantitative estimate of drug-likeness (QED) is 0.830. The Morgan fingerprint density at radius 3 is 1.80 bits per heavy atom. The van der Waals surface area contributed by atoms with Gasteiger partial charge in [-0.1, -0.05) is 60.7 Å². The fourth-order valence-corrected chi connectivity index (χ4v) is 4.83. The van der Waals surface area contributed by atoms with E-state index >= 15 is 0 Å². The van der Waals surface area contributed by atoms with Crippen LogP contribution in [0.5, 0.6) is 0 Å². The van der Waals surface area contributed by atoms with Crippen LogP contribution in [0.1, 0.15) is 56.7 Å². The summed E-state index contributed by atoms with van der Waals surface area (Å²) in [6, 6.07) is 22.3. The second kappa shape index (κ2) is 6.26. The summed E-state index contributed by atoms with van der Waals surface area (Å²) < 4.78 is 0. The number of benzene rings is 2. The molecule has 25 heavy (non-hydrogen) atoms. The van der Waals surface area contributed by atoms with E-state index in [-0.39, 0.29) is 6.04 Å². The minimum Gasteiger partial charge on any atom is -0.390 e. The van der Waals surface area contributed by atoms with Crippen molar-refractivity contribution in [1.82, 2.24) is 5.32 Å². The summed E-state index contributed by atoms with van der Waals surface area (Å²) in [6.07, 6.45) is 4.87. The zero-order valence-electron chi connectivity index (χ0n) is 15.3. The average molecular weight is 335 g/mol. The fraction of sp³-hybridized carbons (Fsp3) is 0.478. The van der Waals surface area contributed by atoms with Gasteiger partial charge in [0, 0.05) is 6.04 Å². The first-order chi connectivity index (χ1) is 12.0. The molecule has 2 heteroatoms. The van der Waals surface area contributed by atoms with Crippen molar-refractivity contribution in [2.75, 3.05) is 0 Å². The Hall–Kier alpha value is -1.64. The van der Waals surface area contributed by atoms with Crippen LogP contribution in [0.3, 0.4) is 0 Å². The van der Waals surface area contributed by atoms with Crippen molar-refractivity contribution in [3.05, 3.63) is 71.8 Å². The van der Waals surface area contributed by atoms with Crippen LogP contribution in [-0.2, 0) is 0 Å². The molecule has 0 saturated heterocycles. The van der Waals surface area contributed by atoms with Gasteiger partial charge < -0.3 is 10.4 Å². The highest BCUT2D eigenvalue weighted by Crippen LogP contribution is 2.61. The average Bonchev–Trinajstić information content (AvgIpc) is 2.52. The molecule has 2 fully saturated rings. The molecule has 2 N–H and O–H groups in total. The Morgan fingerprint density at radius 1 is 0.880 bits per heavy atom. The molecule has 2 saturated carbocycles. The normalized spacial score (nSPS) is 28.6. The monoisotopic (exact) mass is 335 g/mol. The van der Waals surface area contributed by atoms with E-state index in [9.17, 15) is 5.11 Å². The standard InChI is InChI=1S/C23H29NO/c1-22(2,25)19-13-23(14-19)15-20(16-23)24-21(17-9-5-3-6-10-17)18-11-7-4-8-12-18/h3-12,19-21,24-25H,13-16H2,1-2H3. The summed E-state index contributed by atoms with van der Waals surface area (Å²) in [5.74, 6) is 0.479. The Bertz CT molecular complexity index is 650. The van der Waals surface area contributed by atoms with Gasteiger partial charge in [-0.3, -0.25) is 0 Å². The summed E-state index contributed by atoms with van der Waals surface area (Å²) in [7, 11) is 0. The molecular formula is C23H29NO. The van der Waals surface area contributed by atoms with Crippen LogP contribution >= 0.6 is 0 Å². The van der Waals surface area contributed by atoms with Crippen LogP contribution in [0.15, 0.2) is 60.7 Å². The van der Waals surface area contributed by atoms with E-state index in [1.807, 2.05) is 13.8 Å². The SMILES string of the molecule is CC(C)(O)C1CC2(CC(NC(c3ccccc3)c3ccccc3)C2)C1. The molecule has 0 aliphatic heterocycles. The zero-order valence-corrected chi connectivity index (χ0v) is 15.3. The Labute approximate surface area is 151 Å². The highest BCUT2D eigenvalue weighted by atomic mass is 16.3. The smallest absolute Gasteiger partial charge is 0.0620 e. The van der Waals surface area contributed by atoms with Gasteiger partial charge in [0.2, 0.25) is 0 Å². The molecule has 4 rings (SSSR count). The minimum absolute atomic E-state index is 0.259. The van der Waals surface area contributed by atoms with Crippen molar-refractivity contribution < 1.29 is 5.11 Å². The van der Waals surface area contributed by atoms with Gasteiger partial charge in [0.15, 0.2) is 0 Å². The molecule has 0 unspecified atom stereocenters. The third-order valence-electron chi connectivity index (χ3n) is 6.38. The molecule has 2 aromatic rings. The van der Waals surface area contributed by atoms with E-state index in [1.165, 1.54) is 36.8 Å². The van der Waals surface area contributed by atoms with Gasteiger partial charge in [-0.05, 0) is 62.0 Å². The van der Waals surface area contributed by atoms with E-state index in [0.717, 1.165) is 0 Å². The van der Waals surface area contributed by atoms with Gasteiger partial charge >= 0.3 is 0 Å². The van der Waals surface area contributed by atoms with Gasteiger partial charge in [-0.15, -0.1) is 0 Å². The summed E-state index contributed by atoms with van der Waals surface area (Å²) in [4.78, 5) is 0. The molecule has 0 heterocycles. The van der Waals surface area contributed by atoms with E-state index in [1.54, 1.807) is 0 Å². The molecule has 1 spiro atoms. The van der Waals surface area contributed by atoms with E-state index in [4.69, 9.17) is 0 Å². The largest absolute Gasteiger partial charge is 0.390 e. The van der Waals surface area contributed by atoms with Gasteiger partial charge in [0.1, 0.15) is 0 Å². The lowest BCUT2D eigenvalue weighted by molar-refractivity contribution is -0.129. The van der Waals surface area contributed by atoms with E-state index in [2.05, 4.69) is 66.0 Å². The number of hydrogen-bond acceptors (Lipinski definition) is 2. The molecule has 0 bridgehead atoms. The molecule has 2 aromatic carbocycles. The molecule has 0 amide bonds. The van der Waals surface area contributed by atoms with Crippen molar-refractivity contribution in [2.45, 2.75) is 57.2 Å². The minimum atomic E-state index is -0.514. The Kier molecular flexibility index (Phi) is 4.21. The van der Waals surface area contributed by atoms with E-state index in [0.29, 0.717) is 17.4 Å². The second-order valence-corrected chi connectivity index (χ2v) is 8.79. The first-order valence-corrected chi connectivity index (χ1v) is 9.54. The summed E-state index contributed by atoms with van der Waals surface area (Å²) in [5.41, 5.74) is 2.65. The molecule has 0 aromatic heterocycles. The van der Waals surface area contributed by atoms with Gasteiger partial charge in [-0.25, -0.2) is 0 Å². The lowest BCUT2D eigenvalue weighted by Crippen LogP contribution is -2.59. The van der Waals surface area contributed by atoms with E-state index < -0.39 is 5.60 Å². The van der Waals surface area contributed by atoms with Crippen molar-refractivity contribution in [3.8, 4) is 0 Å². The second-order valence-electron chi connectivity index (χ2n) is 8.79. The van der Waals surface area contributed by atoms with Gasteiger partial charge in [-0.2, -0.15) is 0 Å². The van der Waals surface area contributed by atoms with Crippen LogP contribution < -0.4 is 5.32 Å².